The molecule has 2 unspecified atom stereocenters. The van der Waals surface area contributed by atoms with Crippen LogP contribution in [0.4, 0.5) is 0 Å². The summed E-state index contributed by atoms with van der Waals surface area (Å²) in [6.07, 6.45) is 3.32. The lowest BCUT2D eigenvalue weighted by molar-refractivity contribution is -0.126. The van der Waals surface area contributed by atoms with E-state index in [0.717, 1.165) is 5.56 Å². The van der Waals surface area contributed by atoms with E-state index in [1.807, 2.05) is 30.3 Å². The highest BCUT2D eigenvalue weighted by Gasteiger charge is 2.56. The molecule has 0 aromatic heterocycles. The van der Waals surface area contributed by atoms with Gasteiger partial charge in [0, 0.05) is 0 Å². The lowest BCUT2D eigenvalue weighted by Crippen LogP contribution is -2.39. The van der Waals surface area contributed by atoms with Crippen molar-refractivity contribution in [2.24, 2.45) is 5.92 Å². The molecule has 2 atom stereocenters. The maximum Gasteiger partial charge on any atom is 0.242 e. The van der Waals surface area contributed by atoms with Crippen LogP contribution in [0.15, 0.2) is 54.0 Å². The molecule has 1 N–H and O–H groups in total. The van der Waals surface area contributed by atoms with Gasteiger partial charge in [0.15, 0.2) is 11.5 Å². The number of fused-ring (bicyclic) bond motifs is 1. The second-order valence-electron chi connectivity index (χ2n) is 4.98. The molecule has 1 heterocycles. The van der Waals surface area contributed by atoms with Gasteiger partial charge in [-0.2, -0.15) is 0 Å². The van der Waals surface area contributed by atoms with Crippen LogP contribution in [-0.4, -0.2) is 26.0 Å². The average Bonchev–Trinajstić information content (AvgIpc) is 2.78. The van der Waals surface area contributed by atoms with Crippen LogP contribution in [0.2, 0.25) is 0 Å². The average molecular weight is 285 g/mol. The molecule has 0 bridgehead atoms. The number of hydrogen-bond donors (Lipinski definition) is 1. The van der Waals surface area contributed by atoms with Gasteiger partial charge in [-0.15, -0.1) is 0 Å². The van der Waals surface area contributed by atoms with E-state index in [1.54, 1.807) is 12.2 Å². The first-order valence-corrected chi connectivity index (χ1v) is 6.57. The summed E-state index contributed by atoms with van der Waals surface area (Å²) in [5, 5.41) is 2.41. The summed E-state index contributed by atoms with van der Waals surface area (Å²) >= 11 is 0. The van der Waals surface area contributed by atoms with Crippen LogP contribution in [0.25, 0.3) is 0 Å². The summed E-state index contributed by atoms with van der Waals surface area (Å²) in [5.74, 6) is -0.405. The Labute approximate surface area is 122 Å². The summed E-state index contributed by atoms with van der Waals surface area (Å²) in [4.78, 5) is 24.6. The Hall–Kier alpha value is -2.56. The molecular formula is C16H15NO4. The zero-order valence-corrected chi connectivity index (χ0v) is 11.8. The summed E-state index contributed by atoms with van der Waals surface area (Å²) in [6.45, 7) is 0. The molecule has 5 heteroatoms. The molecule has 1 fully saturated rings. The summed E-state index contributed by atoms with van der Waals surface area (Å²) in [5.41, 5.74) is -0.328. The predicted octanol–water partition coefficient (Wildman–Crippen LogP) is 1.27. The Kier molecular flexibility index (Phi) is 3.05. The van der Waals surface area contributed by atoms with Crippen molar-refractivity contribution < 1.29 is 19.1 Å². The van der Waals surface area contributed by atoms with E-state index >= 15 is 0 Å². The van der Waals surface area contributed by atoms with Gasteiger partial charge in [0.25, 0.3) is 0 Å². The monoisotopic (exact) mass is 285 g/mol. The molecule has 3 rings (SSSR count). The molecule has 1 aromatic rings. The SMILES string of the molecule is COC1=CC2C(=O)NC(=O)C2(c2ccccc2)C=C1OC. The van der Waals surface area contributed by atoms with Gasteiger partial charge in [-0.05, 0) is 17.7 Å². The number of amides is 2. The van der Waals surface area contributed by atoms with Crippen molar-refractivity contribution in [1.82, 2.24) is 5.32 Å². The van der Waals surface area contributed by atoms with Gasteiger partial charge < -0.3 is 9.47 Å². The first kappa shape index (κ1) is 13.4. The Balaban J connectivity index is 2.24. The molecule has 21 heavy (non-hydrogen) atoms. The lowest BCUT2D eigenvalue weighted by Gasteiger charge is -2.31. The number of methoxy groups -OCH3 is 2. The molecule has 0 saturated carbocycles. The zero-order valence-electron chi connectivity index (χ0n) is 11.8. The third-order valence-corrected chi connectivity index (χ3v) is 4.00. The third kappa shape index (κ3) is 1.77. The van der Waals surface area contributed by atoms with Crippen molar-refractivity contribution in [1.29, 1.82) is 0 Å². The Morgan fingerprint density at radius 3 is 2.33 bits per heavy atom. The van der Waals surface area contributed by atoms with Crippen molar-refractivity contribution in [3.05, 3.63) is 59.6 Å². The highest BCUT2D eigenvalue weighted by molar-refractivity contribution is 6.13. The van der Waals surface area contributed by atoms with E-state index in [0.29, 0.717) is 11.5 Å². The van der Waals surface area contributed by atoms with Gasteiger partial charge in [0.2, 0.25) is 11.8 Å². The molecule has 1 aliphatic carbocycles. The zero-order chi connectivity index (χ0) is 15.0. The van der Waals surface area contributed by atoms with Crippen molar-refractivity contribution in [2.75, 3.05) is 14.2 Å². The van der Waals surface area contributed by atoms with Gasteiger partial charge in [0.1, 0.15) is 5.41 Å². The Morgan fingerprint density at radius 1 is 1.05 bits per heavy atom. The molecule has 2 aliphatic rings. The van der Waals surface area contributed by atoms with E-state index < -0.39 is 11.3 Å². The molecule has 0 radical (unpaired) electrons. The molecule has 1 aliphatic heterocycles. The fourth-order valence-corrected chi connectivity index (χ4v) is 2.95. The standard InChI is InChI=1S/C16H15NO4/c1-20-12-8-11-14(18)17-15(19)16(11,9-13(12)21-2)10-6-4-3-5-7-10/h3-9,11H,1-2H3,(H,17,18,19). The number of benzene rings is 1. The number of hydrogen-bond acceptors (Lipinski definition) is 4. The first-order chi connectivity index (χ1) is 10.1. The fraction of sp³-hybridized carbons (Fsp3) is 0.250. The summed E-state index contributed by atoms with van der Waals surface area (Å²) in [6, 6.07) is 9.21. The van der Waals surface area contributed by atoms with Gasteiger partial charge in [0.05, 0.1) is 20.1 Å². The minimum absolute atomic E-state index is 0.329. The van der Waals surface area contributed by atoms with E-state index in [1.165, 1.54) is 14.2 Å². The van der Waals surface area contributed by atoms with Crippen LogP contribution in [0.3, 0.4) is 0 Å². The quantitative estimate of drug-likeness (QED) is 0.849. The van der Waals surface area contributed by atoms with Gasteiger partial charge >= 0.3 is 0 Å². The topological polar surface area (TPSA) is 64.6 Å². The summed E-state index contributed by atoms with van der Waals surface area (Å²) < 4.78 is 10.6. The lowest BCUT2D eigenvalue weighted by atomic mass is 9.69. The van der Waals surface area contributed by atoms with Crippen molar-refractivity contribution in [3.63, 3.8) is 0 Å². The third-order valence-electron chi connectivity index (χ3n) is 4.00. The number of carbonyl (C=O) groups is 2. The number of nitrogens with one attached hydrogen (secondary N) is 1. The molecule has 108 valence electrons. The van der Waals surface area contributed by atoms with E-state index in [9.17, 15) is 9.59 Å². The van der Waals surface area contributed by atoms with Crippen molar-refractivity contribution >= 4 is 11.8 Å². The van der Waals surface area contributed by atoms with E-state index in [-0.39, 0.29) is 11.8 Å². The van der Waals surface area contributed by atoms with Crippen LogP contribution in [0.1, 0.15) is 5.56 Å². The van der Waals surface area contributed by atoms with E-state index in [4.69, 9.17) is 9.47 Å². The van der Waals surface area contributed by atoms with Crippen LogP contribution >= 0.6 is 0 Å². The molecule has 5 nitrogen and oxygen atoms in total. The van der Waals surface area contributed by atoms with Gasteiger partial charge in [-0.3, -0.25) is 14.9 Å². The largest absolute Gasteiger partial charge is 0.493 e. The van der Waals surface area contributed by atoms with Crippen molar-refractivity contribution in [2.45, 2.75) is 5.41 Å². The maximum absolute atomic E-state index is 12.5. The molecule has 2 amide bonds. The minimum Gasteiger partial charge on any atom is -0.493 e. The highest BCUT2D eigenvalue weighted by Crippen LogP contribution is 2.44. The van der Waals surface area contributed by atoms with Gasteiger partial charge in [-0.1, -0.05) is 30.3 Å². The molecule has 1 saturated heterocycles. The normalized spacial score (nSPS) is 27.4. The summed E-state index contributed by atoms with van der Waals surface area (Å²) in [7, 11) is 3.01. The van der Waals surface area contributed by atoms with Crippen LogP contribution in [0, 0.1) is 5.92 Å². The number of ether oxygens (including phenoxy) is 2. The van der Waals surface area contributed by atoms with Crippen LogP contribution in [-0.2, 0) is 24.5 Å². The molecular weight excluding hydrogens is 270 g/mol. The predicted molar refractivity (Wildman–Crippen MR) is 74.9 cm³/mol. The second kappa shape index (κ2) is 4.77. The Morgan fingerprint density at radius 2 is 1.71 bits per heavy atom. The highest BCUT2D eigenvalue weighted by atomic mass is 16.5. The van der Waals surface area contributed by atoms with Crippen LogP contribution < -0.4 is 5.32 Å². The maximum atomic E-state index is 12.5. The number of carbonyl (C=O) groups excluding carboxylic acids is 2. The molecule has 1 aromatic carbocycles. The second-order valence-corrected chi connectivity index (χ2v) is 4.98. The Bertz CT molecular complexity index is 662. The number of rotatable bonds is 3. The molecule has 0 spiro atoms. The fourth-order valence-electron chi connectivity index (χ4n) is 2.95. The van der Waals surface area contributed by atoms with Gasteiger partial charge in [-0.25, -0.2) is 0 Å². The van der Waals surface area contributed by atoms with Crippen molar-refractivity contribution in [3.8, 4) is 0 Å². The van der Waals surface area contributed by atoms with Crippen LogP contribution in [0.5, 0.6) is 0 Å². The number of imide groups is 1. The van der Waals surface area contributed by atoms with E-state index in [2.05, 4.69) is 5.32 Å². The minimum atomic E-state index is -1.08. The smallest absolute Gasteiger partial charge is 0.242 e. The first-order valence-electron chi connectivity index (χ1n) is 6.57.